The maximum absolute atomic E-state index is 11.0. The van der Waals surface area contributed by atoms with Crippen molar-refractivity contribution < 1.29 is 10.2 Å². The summed E-state index contributed by atoms with van der Waals surface area (Å²) >= 11 is 0. The summed E-state index contributed by atoms with van der Waals surface area (Å²) in [4.78, 5) is 0. The van der Waals surface area contributed by atoms with Gasteiger partial charge in [0.1, 0.15) is 0 Å². The highest BCUT2D eigenvalue weighted by atomic mass is 16.3. The summed E-state index contributed by atoms with van der Waals surface area (Å²) in [5.41, 5.74) is 2.93. The third-order valence-corrected chi connectivity index (χ3v) is 9.06. The fourth-order valence-electron chi connectivity index (χ4n) is 7.00. The number of hydrogen-bond acceptors (Lipinski definition) is 3. The van der Waals surface area contributed by atoms with Gasteiger partial charge in [-0.2, -0.15) is 0 Å². The first-order valence-corrected chi connectivity index (χ1v) is 11.6. The van der Waals surface area contributed by atoms with E-state index in [9.17, 15) is 10.2 Å². The van der Waals surface area contributed by atoms with Gasteiger partial charge in [0.25, 0.3) is 0 Å². The Morgan fingerprint density at radius 1 is 1.03 bits per heavy atom. The Morgan fingerprint density at radius 3 is 2.52 bits per heavy atom. The minimum absolute atomic E-state index is 0.0937. The normalized spacial score (nSPS) is 42.6. The lowest BCUT2D eigenvalue weighted by molar-refractivity contribution is -0.118. The van der Waals surface area contributed by atoms with Crippen molar-refractivity contribution in [3.05, 3.63) is 48.0 Å². The molecule has 3 aliphatic rings. The maximum atomic E-state index is 11.0. The summed E-state index contributed by atoms with van der Waals surface area (Å²) in [5.74, 6) is 1.69. The molecule has 0 bridgehead atoms. The van der Waals surface area contributed by atoms with Crippen LogP contribution < -0.4 is 5.32 Å². The van der Waals surface area contributed by atoms with Crippen molar-refractivity contribution in [1.29, 1.82) is 0 Å². The highest BCUT2D eigenvalue weighted by Gasteiger charge is 2.56. The van der Waals surface area contributed by atoms with Crippen molar-refractivity contribution in [2.24, 2.45) is 28.6 Å². The van der Waals surface area contributed by atoms with E-state index in [1.165, 1.54) is 24.0 Å². The standard InChI is InChI=1S/C26H39NO2/c1-18-9-10-22-21(17-27-16-19-7-5-4-6-8-19)23(12-14-25(18,22)2)26(3)13-11-20(28)15-24(26)29/h4-8,20-24,27-29H,1,9-17H2,2-3H3. The molecule has 0 saturated heterocycles. The molecule has 1 aromatic carbocycles. The van der Waals surface area contributed by atoms with Gasteiger partial charge in [0.15, 0.2) is 0 Å². The van der Waals surface area contributed by atoms with Crippen LogP contribution >= 0.6 is 0 Å². The number of hydrogen-bond donors (Lipinski definition) is 3. The van der Waals surface area contributed by atoms with Crippen LogP contribution in [0.5, 0.6) is 0 Å². The fraction of sp³-hybridized carbons (Fsp3) is 0.692. The first-order valence-electron chi connectivity index (χ1n) is 11.6. The van der Waals surface area contributed by atoms with E-state index in [2.05, 4.69) is 56.1 Å². The first kappa shape index (κ1) is 21.1. The Morgan fingerprint density at radius 2 is 1.79 bits per heavy atom. The average molecular weight is 398 g/mol. The molecule has 1 aromatic rings. The second kappa shape index (κ2) is 8.17. The van der Waals surface area contributed by atoms with Gasteiger partial charge >= 0.3 is 0 Å². The largest absolute Gasteiger partial charge is 0.393 e. The van der Waals surface area contributed by atoms with Gasteiger partial charge < -0.3 is 15.5 Å². The van der Waals surface area contributed by atoms with Crippen molar-refractivity contribution in [3.8, 4) is 0 Å². The molecule has 3 saturated carbocycles. The van der Waals surface area contributed by atoms with Crippen LogP contribution in [-0.2, 0) is 6.54 Å². The minimum Gasteiger partial charge on any atom is -0.393 e. The second-order valence-electron chi connectivity index (χ2n) is 10.5. The van der Waals surface area contributed by atoms with Crippen LogP contribution in [0.25, 0.3) is 0 Å². The van der Waals surface area contributed by atoms with Crippen molar-refractivity contribution >= 4 is 0 Å². The molecule has 0 aliphatic heterocycles. The van der Waals surface area contributed by atoms with Crippen molar-refractivity contribution in [2.75, 3.05) is 6.54 Å². The molecule has 0 spiro atoms. The van der Waals surface area contributed by atoms with Gasteiger partial charge in [-0.05, 0) is 85.6 Å². The van der Waals surface area contributed by atoms with Gasteiger partial charge in [0.05, 0.1) is 12.2 Å². The molecule has 0 radical (unpaired) electrons. The van der Waals surface area contributed by atoms with Gasteiger partial charge in [-0.3, -0.25) is 0 Å². The molecule has 3 heteroatoms. The molecule has 3 aliphatic carbocycles. The molecule has 7 unspecified atom stereocenters. The zero-order valence-corrected chi connectivity index (χ0v) is 18.2. The Balaban J connectivity index is 1.55. The predicted octanol–water partition coefficient (Wildman–Crippen LogP) is 4.69. The van der Waals surface area contributed by atoms with Crippen LogP contribution in [0, 0.1) is 28.6 Å². The van der Waals surface area contributed by atoms with Crippen molar-refractivity contribution in [3.63, 3.8) is 0 Å². The van der Waals surface area contributed by atoms with Crippen LogP contribution in [-0.4, -0.2) is 29.0 Å². The summed E-state index contributed by atoms with van der Waals surface area (Å²) in [6.45, 7) is 11.1. The minimum atomic E-state index is -0.401. The lowest BCUT2D eigenvalue weighted by atomic mass is 9.51. The molecule has 7 atom stereocenters. The Labute approximate surface area is 176 Å². The first-order chi connectivity index (χ1) is 13.8. The number of allylic oxidation sites excluding steroid dienone is 1. The lowest BCUT2D eigenvalue weighted by Crippen LogP contribution is -2.54. The van der Waals surface area contributed by atoms with Gasteiger partial charge in [-0.15, -0.1) is 0 Å². The lowest BCUT2D eigenvalue weighted by Gasteiger charge is -2.55. The number of rotatable bonds is 5. The highest BCUT2D eigenvalue weighted by Crippen LogP contribution is 2.62. The van der Waals surface area contributed by atoms with Crippen molar-refractivity contribution in [2.45, 2.75) is 77.5 Å². The van der Waals surface area contributed by atoms with E-state index in [1.54, 1.807) is 0 Å². The van der Waals surface area contributed by atoms with Gasteiger partial charge in [0.2, 0.25) is 0 Å². The zero-order chi connectivity index (χ0) is 20.6. The van der Waals surface area contributed by atoms with E-state index in [0.29, 0.717) is 24.2 Å². The monoisotopic (exact) mass is 397 g/mol. The molecule has 3 fully saturated rings. The molecular weight excluding hydrogens is 358 g/mol. The maximum Gasteiger partial charge on any atom is 0.0621 e. The van der Waals surface area contributed by atoms with Crippen LogP contribution in [0.3, 0.4) is 0 Å². The third-order valence-electron chi connectivity index (χ3n) is 9.06. The topological polar surface area (TPSA) is 52.5 Å². The zero-order valence-electron chi connectivity index (χ0n) is 18.2. The van der Waals surface area contributed by atoms with E-state index < -0.39 is 6.10 Å². The van der Waals surface area contributed by atoms with Gasteiger partial charge in [-0.25, -0.2) is 0 Å². The number of fused-ring (bicyclic) bond motifs is 1. The summed E-state index contributed by atoms with van der Waals surface area (Å²) in [6, 6.07) is 10.6. The second-order valence-corrected chi connectivity index (χ2v) is 10.5. The Kier molecular flexibility index (Phi) is 5.94. The van der Waals surface area contributed by atoms with Gasteiger partial charge in [-0.1, -0.05) is 56.3 Å². The number of aliphatic hydroxyl groups excluding tert-OH is 2. The van der Waals surface area contributed by atoms with E-state index in [-0.39, 0.29) is 16.9 Å². The van der Waals surface area contributed by atoms with Crippen molar-refractivity contribution in [1.82, 2.24) is 5.32 Å². The molecule has 3 N–H and O–H groups in total. The number of aliphatic hydroxyl groups is 2. The molecule has 29 heavy (non-hydrogen) atoms. The SMILES string of the molecule is C=C1CCC2C(CNCc3ccccc3)C(C3(C)CCC(O)CC3O)CCC12C. The Hall–Kier alpha value is -1.16. The van der Waals surface area contributed by atoms with E-state index in [1.807, 2.05) is 0 Å². The Bertz CT molecular complexity index is 719. The van der Waals surface area contributed by atoms with Crippen LogP contribution in [0.2, 0.25) is 0 Å². The van der Waals surface area contributed by atoms with E-state index in [0.717, 1.165) is 38.8 Å². The number of nitrogens with one attached hydrogen (secondary N) is 1. The molecule has 4 rings (SSSR count). The molecule has 0 aromatic heterocycles. The molecule has 0 amide bonds. The fourth-order valence-corrected chi connectivity index (χ4v) is 7.00. The predicted molar refractivity (Wildman–Crippen MR) is 118 cm³/mol. The van der Waals surface area contributed by atoms with E-state index >= 15 is 0 Å². The quantitative estimate of drug-likeness (QED) is 0.632. The molecule has 3 nitrogen and oxygen atoms in total. The smallest absolute Gasteiger partial charge is 0.0621 e. The third kappa shape index (κ3) is 3.82. The summed E-state index contributed by atoms with van der Waals surface area (Å²) < 4.78 is 0. The van der Waals surface area contributed by atoms with Crippen LogP contribution in [0.4, 0.5) is 0 Å². The number of benzene rings is 1. The summed E-state index contributed by atoms with van der Waals surface area (Å²) in [7, 11) is 0. The van der Waals surface area contributed by atoms with E-state index in [4.69, 9.17) is 0 Å². The molecule has 0 heterocycles. The van der Waals surface area contributed by atoms with Crippen LogP contribution in [0.1, 0.15) is 64.4 Å². The van der Waals surface area contributed by atoms with Crippen LogP contribution in [0.15, 0.2) is 42.5 Å². The molecular formula is C26H39NO2. The molecule has 160 valence electrons. The summed E-state index contributed by atoms with van der Waals surface area (Å²) in [5, 5.41) is 24.9. The highest BCUT2D eigenvalue weighted by molar-refractivity contribution is 5.21. The average Bonchev–Trinajstić information content (AvgIpc) is 3.01. The van der Waals surface area contributed by atoms with Gasteiger partial charge in [0, 0.05) is 6.54 Å². The summed E-state index contributed by atoms with van der Waals surface area (Å²) in [6.07, 6.45) is 6.29.